The second-order valence-corrected chi connectivity index (χ2v) is 6.44. The topological polar surface area (TPSA) is 43.4 Å². The quantitative estimate of drug-likeness (QED) is 0.567. The molecule has 0 saturated heterocycles. The third-order valence-corrected chi connectivity index (χ3v) is 5.65. The highest BCUT2D eigenvalue weighted by molar-refractivity contribution is 6.02. The maximum Gasteiger partial charge on any atom is 0.330 e. The maximum absolute atomic E-state index is 12.7. The van der Waals surface area contributed by atoms with Gasteiger partial charge in [-0.3, -0.25) is 4.79 Å². The van der Waals surface area contributed by atoms with E-state index >= 15 is 0 Å². The Kier molecular flexibility index (Phi) is 2.84. The van der Waals surface area contributed by atoms with Gasteiger partial charge in [-0.2, -0.15) is 0 Å². The molecule has 3 nitrogen and oxygen atoms in total. The fourth-order valence-electron chi connectivity index (χ4n) is 4.94. The molecule has 3 saturated carbocycles. The molecule has 0 aliphatic heterocycles. The van der Waals surface area contributed by atoms with Gasteiger partial charge in [0.25, 0.3) is 0 Å². The minimum Gasteiger partial charge on any atom is -0.463 e. The molecule has 2 bridgehead atoms. The van der Waals surface area contributed by atoms with E-state index in [4.69, 9.17) is 4.74 Å². The van der Waals surface area contributed by atoms with Crippen molar-refractivity contribution >= 4 is 11.8 Å². The van der Waals surface area contributed by atoms with Gasteiger partial charge < -0.3 is 4.74 Å². The second kappa shape index (κ2) is 4.19. The largest absolute Gasteiger partial charge is 0.463 e. The first-order chi connectivity index (χ1) is 9.05. The Morgan fingerprint density at radius 3 is 2.95 bits per heavy atom. The monoisotopic (exact) mass is 262 g/mol. The number of allylic oxidation sites excluding steroid dienone is 1. The summed E-state index contributed by atoms with van der Waals surface area (Å²) in [4.78, 5) is 24.5. The summed E-state index contributed by atoms with van der Waals surface area (Å²) in [5.74, 6) is 0.590. The first-order valence-corrected chi connectivity index (χ1v) is 7.48. The van der Waals surface area contributed by atoms with Crippen LogP contribution in [-0.2, 0) is 14.3 Å². The molecule has 3 aliphatic carbocycles. The summed E-state index contributed by atoms with van der Waals surface area (Å²) in [5, 5.41) is 0. The van der Waals surface area contributed by atoms with E-state index in [9.17, 15) is 9.59 Å². The summed E-state index contributed by atoms with van der Waals surface area (Å²) in [7, 11) is 0. The van der Waals surface area contributed by atoms with E-state index in [0.717, 1.165) is 44.1 Å². The lowest BCUT2D eigenvalue weighted by Crippen LogP contribution is -2.61. The minimum absolute atomic E-state index is 0.110. The molecule has 0 N–H and O–H groups in total. The van der Waals surface area contributed by atoms with Crippen LogP contribution in [0.4, 0.5) is 0 Å². The third-order valence-electron chi connectivity index (χ3n) is 5.65. The Balaban J connectivity index is 1.98. The Morgan fingerprint density at radius 2 is 2.21 bits per heavy atom. The van der Waals surface area contributed by atoms with Crippen LogP contribution in [0.3, 0.4) is 0 Å². The van der Waals surface area contributed by atoms with Gasteiger partial charge in [0.05, 0.1) is 12.0 Å². The number of carbonyl (C=O) groups is 2. The number of hydrogen-bond acceptors (Lipinski definition) is 3. The van der Waals surface area contributed by atoms with E-state index in [1.165, 1.54) is 0 Å². The van der Waals surface area contributed by atoms with Crippen LogP contribution in [0.15, 0.2) is 11.6 Å². The average Bonchev–Trinajstić information content (AvgIpc) is 2.71. The maximum atomic E-state index is 12.7. The molecule has 3 rings (SSSR count). The van der Waals surface area contributed by atoms with Crippen LogP contribution >= 0.6 is 0 Å². The Labute approximate surface area is 114 Å². The smallest absolute Gasteiger partial charge is 0.330 e. The van der Waals surface area contributed by atoms with Gasteiger partial charge in [0, 0.05) is 11.5 Å². The fourth-order valence-corrected chi connectivity index (χ4v) is 4.94. The second-order valence-electron chi connectivity index (χ2n) is 6.44. The summed E-state index contributed by atoms with van der Waals surface area (Å²) in [6, 6.07) is 0. The molecule has 0 radical (unpaired) electrons. The predicted octanol–water partition coefficient (Wildman–Crippen LogP) is 3.04. The number of ether oxygens (including phenoxy) is 1. The van der Waals surface area contributed by atoms with Crippen LogP contribution in [0.5, 0.6) is 0 Å². The number of fused-ring (bicyclic) bond motifs is 2. The van der Waals surface area contributed by atoms with E-state index in [1.54, 1.807) is 6.08 Å². The van der Waals surface area contributed by atoms with Crippen molar-refractivity contribution in [1.29, 1.82) is 0 Å². The van der Waals surface area contributed by atoms with E-state index in [0.29, 0.717) is 18.3 Å². The highest BCUT2D eigenvalue weighted by Gasteiger charge is 2.71. The van der Waals surface area contributed by atoms with E-state index in [2.05, 4.69) is 6.92 Å². The molecule has 0 unspecified atom stereocenters. The first kappa shape index (κ1) is 12.9. The fraction of sp³-hybridized carbons (Fsp3) is 0.750. The van der Waals surface area contributed by atoms with Gasteiger partial charge in [-0.05, 0) is 50.5 Å². The summed E-state index contributed by atoms with van der Waals surface area (Å²) in [6.45, 7) is 4.34. The van der Waals surface area contributed by atoms with E-state index in [1.807, 2.05) is 6.92 Å². The lowest BCUT2D eigenvalue weighted by Gasteiger charge is -2.56. The van der Waals surface area contributed by atoms with Crippen molar-refractivity contribution < 1.29 is 14.3 Å². The molecule has 0 aromatic rings. The number of esters is 1. The standard InChI is InChI=1S/C16H22O3/c1-3-19-13(17)10-11-6-4-8-15(2)12-7-5-9-16(11,12)14(15)18/h10,12H,3-9H2,1-2H3/b11-10-/t12-,15-,16+/m0/s1. The molecule has 1 spiro atoms. The van der Waals surface area contributed by atoms with Crippen molar-refractivity contribution in [3.63, 3.8) is 0 Å². The van der Waals surface area contributed by atoms with Crippen molar-refractivity contribution in [2.45, 2.75) is 52.4 Å². The molecule has 3 atom stereocenters. The number of rotatable bonds is 2. The molecule has 3 fully saturated rings. The van der Waals surface area contributed by atoms with Gasteiger partial charge in [0.2, 0.25) is 0 Å². The summed E-state index contributed by atoms with van der Waals surface area (Å²) in [6.07, 6.45) is 7.72. The number of Topliss-reactive ketones (excluding diaryl/α,β-unsaturated/α-hetero) is 1. The molecule has 19 heavy (non-hydrogen) atoms. The van der Waals surface area contributed by atoms with Crippen LogP contribution in [0.1, 0.15) is 52.4 Å². The van der Waals surface area contributed by atoms with Crippen LogP contribution in [0, 0.1) is 16.7 Å². The molecular weight excluding hydrogens is 240 g/mol. The molecule has 0 heterocycles. The van der Waals surface area contributed by atoms with Crippen molar-refractivity contribution in [2.75, 3.05) is 6.61 Å². The molecule has 0 aromatic heterocycles. The summed E-state index contributed by atoms with van der Waals surface area (Å²) < 4.78 is 5.03. The minimum atomic E-state index is -0.294. The Bertz CT molecular complexity index is 465. The number of ketones is 1. The normalized spacial score (nSPS) is 42.5. The van der Waals surface area contributed by atoms with E-state index in [-0.39, 0.29) is 16.8 Å². The summed E-state index contributed by atoms with van der Waals surface area (Å²) >= 11 is 0. The predicted molar refractivity (Wildman–Crippen MR) is 71.5 cm³/mol. The van der Waals surface area contributed by atoms with Crippen molar-refractivity contribution in [3.05, 3.63) is 11.6 Å². The highest BCUT2D eigenvalue weighted by atomic mass is 16.5. The van der Waals surface area contributed by atoms with Gasteiger partial charge in [0.15, 0.2) is 0 Å². The molecular formula is C16H22O3. The van der Waals surface area contributed by atoms with E-state index < -0.39 is 0 Å². The van der Waals surface area contributed by atoms with Gasteiger partial charge in [-0.25, -0.2) is 4.79 Å². The zero-order chi connectivity index (χ0) is 13.7. The van der Waals surface area contributed by atoms with Gasteiger partial charge in [-0.15, -0.1) is 0 Å². The van der Waals surface area contributed by atoms with Gasteiger partial charge in [-0.1, -0.05) is 13.3 Å². The molecule has 104 valence electrons. The molecule has 3 heteroatoms. The van der Waals surface area contributed by atoms with Crippen LogP contribution in [-0.4, -0.2) is 18.4 Å². The van der Waals surface area contributed by atoms with Crippen molar-refractivity contribution in [2.24, 2.45) is 16.7 Å². The number of hydrogen-bond donors (Lipinski definition) is 0. The highest BCUT2D eigenvalue weighted by Crippen LogP contribution is 2.71. The Morgan fingerprint density at radius 1 is 1.42 bits per heavy atom. The zero-order valence-electron chi connectivity index (χ0n) is 11.8. The lowest BCUT2D eigenvalue weighted by atomic mass is 9.44. The SMILES string of the molecule is CCOC(=O)/C=C1/CCC[C@]2(C)C(=O)[C@]13CCC[C@@H]23. The van der Waals surface area contributed by atoms with Crippen LogP contribution in [0.2, 0.25) is 0 Å². The van der Waals surface area contributed by atoms with Crippen LogP contribution in [0.25, 0.3) is 0 Å². The molecule has 0 aromatic carbocycles. The molecule has 3 aliphatic rings. The van der Waals surface area contributed by atoms with Crippen molar-refractivity contribution in [1.82, 2.24) is 0 Å². The lowest BCUT2D eigenvalue weighted by molar-refractivity contribution is -0.162. The third kappa shape index (κ3) is 1.50. The van der Waals surface area contributed by atoms with Gasteiger partial charge >= 0.3 is 5.97 Å². The van der Waals surface area contributed by atoms with Gasteiger partial charge in [0.1, 0.15) is 5.78 Å². The summed E-state index contributed by atoms with van der Waals surface area (Å²) in [5.41, 5.74) is 0.659. The average molecular weight is 262 g/mol. The first-order valence-electron chi connectivity index (χ1n) is 7.48. The Hall–Kier alpha value is -1.12. The van der Waals surface area contributed by atoms with Crippen molar-refractivity contribution in [3.8, 4) is 0 Å². The van der Waals surface area contributed by atoms with Crippen LogP contribution < -0.4 is 0 Å². The molecule has 0 amide bonds. The zero-order valence-corrected chi connectivity index (χ0v) is 11.8. The number of carbonyl (C=O) groups excluding carboxylic acids is 2.